The zero-order chi connectivity index (χ0) is 21.7. The second-order valence-electron chi connectivity index (χ2n) is 6.99. The molecule has 1 atom stereocenters. The molecule has 1 amide bonds. The van der Waals surface area contributed by atoms with Crippen LogP contribution >= 0.6 is 11.8 Å². The summed E-state index contributed by atoms with van der Waals surface area (Å²) in [4.78, 5) is 26.2. The van der Waals surface area contributed by atoms with Crippen LogP contribution in [-0.2, 0) is 16.0 Å². The Labute approximate surface area is 179 Å². The Morgan fingerprint density at radius 2 is 2.00 bits per heavy atom. The number of carboxylic acids is 1. The molecule has 1 fully saturated rings. The Kier molecular flexibility index (Phi) is 7.47. The van der Waals surface area contributed by atoms with Crippen LogP contribution in [0.2, 0.25) is 0 Å². The first kappa shape index (κ1) is 22.3. The molecule has 0 radical (unpaired) electrons. The van der Waals surface area contributed by atoms with Crippen LogP contribution in [0, 0.1) is 12.7 Å². The van der Waals surface area contributed by atoms with Crippen molar-refractivity contribution in [2.24, 2.45) is 0 Å². The van der Waals surface area contributed by atoms with Gasteiger partial charge in [-0.05, 0) is 61.3 Å². The highest BCUT2D eigenvalue weighted by Gasteiger charge is 2.35. The topological polar surface area (TPSA) is 78.9 Å². The fraction of sp³-hybridized carbons (Fsp3) is 0.364. The predicted octanol–water partition coefficient (Wildman–Crippen LogP) is 3.39. The molecule has 1 unspecified atom stereocenters. The van der Waals surface area contributed by atoms with E-state index in [-0.39, 0.29) is 22.7 Å². The average Bonchev–Trinajstić information content (AvgIpc) is 3.10. The van der Waals surface area contributed by atoms with E-state index in [9.17, 15) is 19.1 Å². The molecular formula is C22H25FN2O4S. The van der Waals surface area contributed by atoms with Gasteiger partial charge in [-0.25, -0.2) is 9.18 Å². The van der Waals surface area contributed by atoms with Crippen molar-refractivity contribution < 1.29 is 23.8 Å². The van der Waals surface area contributed by atoms with Gasteiger partial charge in [-0.2, -0.15) is 0 Å². The molecule has 1 saturated heterocycles. The second kappa shape index (κ2) is 10.1. The Hall–Kier alpha value is -2.42. The number of likely N-dealkylation sites (N-methyl/N-ethyl adjacent to an activating group) is 1. The van der Waals surface area contributed by atoms with Crippen LogP contribution in [0.5, 0.6) is 0 Å². The standard InChI is InChI=1S/C22H25FN2O4S/c1-14-17(9-11-29-12-10-24-2)18(22(27)28)7-8-19(14)25-20(26)13-30-21(25)15-3-5-16(23)6-4-15/h3-8,21,24H,9-13H2,1-2H3,(H,27,28). The molecule has 8 heteroatoms. The van der Waals surface area contributed by atoms with Crippen LogP contribution in [0.3, 0.4) is 0 Å². The third-order valence-electron chi connectivity index (χ3n) is 5.08. The van der Waals surface area contributed by atoms with E-state index in [1.807, 2.05) is 14.0 Å². The number of amides is 1. The number of aromatic carboxylic acids is 1. The highest BCUT2D eigenvalue weighted by molar-refractivity contribution is 8.00. The van der Waals surface area contributed by atoms with Gasteiger partial charge in [-0.3, -0.25) is 9.69 Å². The predicted molar refractivity (Wildman–Crippen MR) is 116 cm³/mol. The first-order valence-electron chi connectivity index (χ1n) is 9.71. The molecule has 3 rings (SSSR count). The molecule has 160 valence electrons. The number of nitrogens with one attached hydrogen (secondary N) is 1. The molecule has 6 nitrogen and oxygen atoms in total. The average molecular weight is 433 g/mol. The SMILES string of the molecule is CNCCOCCc1c(C(=O)O)ccc(N2C(=O)CSC2c2ccc(F)cc2)c1C. The van der Waals surface area contributed by atoms with Crippen LogP contribution in [0.1, 0.15) is 32.4 Å². The number of nitrogens with zero attached hydrogens (tertiary/aromatic N) is 1. The number of hydrogen-bond acceptors (Lipinski definition) is 5. The van der Waals surface area contributed by atoms with E-state index in [0.29, 0.717) is 43.2 Å². The van der Waals surface area contributed by atoms with Gasteiger partial charge in [-0.15, -0.1) is 11.8 Å². The molecule has 30 heavy (non-hydrogen) atoms. The lowest BCUT2D eigenvalue weighted by molar-refractivity contribution is -0.115. The molecule has 0 aliphatic carbocycles. The van der Waals surface area contributed by atoms with Crippen molar-refractivity contribution in [1.82, 2.24) is 5.32 Å². The maximum atomic E-state index is 13.3. The van der Waals surface area contributed by atoms with E-state index in [2.05, 4.69) is 5.32 Å². The summed E-state index contributed by atoms with van der Waals surface area (Å²) >= 11 is 1.47. The van der Waals surface area contributed by atoms with Crippen molar-refractivity contribution in [1.29, 1.82) is 0 Å². The van der Waals surface area contributed by atoms with E-state index in [1.54, 1.807) is 29.2 Å². The van der Waals surface area contributed by atoms with Crippen molar-refractivity contribution in [3.8, 4) is 0 Å². The number of rotatable bonds is 9. The van der Waals surface area contributed by atoms with Crippen LogP contribution in [0.15, 0.2) is 36.4 Å². The molecule has 0 saturated carbocycles. The van der Waals surface area contributed by atoms with Crippen molar-refractivity contribution in [2.45, 2.75) is 18.7 Å². The van der Waals surface area contributed by atoms with Gasteiger partial charge in [0, 0.05) is 12.2 Å². The van der Waals surface area contributed by atoms with Gasteiger partial charge in [0.05, 0.1) is 24.5 Å². The summed E-state index contributed by atoms with van der Waals surface area (Å²) in [7, 11) is 1.84. The zero-order valence-corrected chi connectivity index (χ0v) is 17.8. The number of carboxylic acid groups (broad SMARTS) is 1. The quantitative estimate of drug-likeness (QED) is 0.592. The zero-order valence-electron chi connectivity index (χ0n) is 17.0. The number of carbonyl (C=O) groups is 2. The molecule has 2 N–H and O–H groups in total. The van der Waals surface area contributed by atoms with Crippen LogP contribution in [0.25, 0.3) is 0 Å². The fourth-order valence-corrected chi connectivity index (χ4v) is 4.71. The van der Waals surface area contributed by atoms with E-state index < -0.39 is 5.97 Å². The first-order chi connectivity index (χ1) is 14.4. The highest BCUT2D eigenvalue weighted by atomic mass is 32.2. The minimum Gasteiger partial charge on any atom is -0.478 e. The van der Waals surface area contributed by atoms with Crippen LogP contribution < -0.4 is 10.2 Å². The summed E-state index contributed by atoms with van der Waals surface area (Å²) < 4.78 is 18.9. The van der Waals surface area contributed by atoms with E-state index in [1.165, 1.54) is 23.9 Å². The van der Waals surface area contributed by atoms with Crippen LogP contribution in [0.4, 0.5) is 10.1 Å². The molecular weight excluding hydrogens is 407 g/mol. The number of ether oxygens (including phenoxy) is 1. The fourth-order valence-electron chi connectivity index (χ4n) is 3.54. The lowest BCUT2D eigenvalue weighted by Gasteiger charge is -2.27. The van der Waals surface area contributed by atoms with Crippen molar-refractivity contribution in [2.75, 3.05) is 37.5 Å². The molecule has 0 aromatic heterocycles. The van der Waals surface area contributed by atoms with Crippen LogP contribution in [-0.4, -0.2) is 49.5 Å². The number of benzene rings is 2. The van der Waals surface area contributed by atoms with Gasteiger partial charge < -0.3 is 15.2 Å². The maximum absolute atomic E-state index is 13.3. The number of anilines is 1. The third-order valence-corrected chi connectivity index (χ3v) is 6.29. The maximum Gasteiger partial charge on any atom is 0.335 e. The number of halogens is 1. The lowest BCUT2D eigenvalue weighted by atomic mass is 9.96. The summed E-state index contributed by atoms with van der Waals surface area (Å²) in [5.74, 6) is -1.09. The highest BCUT2D eigenvalue weighted by Crippen LogP contribution is 2.43. The van der Waals surface area contributed by atoms with Gasteiger partial charge in [0.1, 0.15) is 11.2 Å². The summed E-state index contributed by atoms with van der Waals surface area (Å²) in [6, 6.07) is 9.35. The van der Waals surface area contributed by atoms with Gasteiger partial charge in [-0.1, -0.05) is 12.1 Å². The minimum atomic E-state index is -1.01. The largest absolute Gasteiger partial charge is 0.478 e. The molecule has 0 bridgehead atoms. The summed E-state index contributed by atoms with van der Waals surface area (Å²) in [5.41, 5.74) is 3.12. The second-order valence-corrected chi connectivity index (χ2v) is 8.05. The number of carbonyl (C=O) groups excluding carboxylic acids is 1. The van der Waals surface area contributed by atoms with Gasteiger partial charge in [0.15, 0.2) is 0 Å². The van der Waals surface area contributed by atoms with Crippen molar-refractivity contribution in [3.05, 3.63) is 64.5 Å². The number of thioether (sulfide) groups is 1. The Morgan fingerprint density at radius 1 is 1.27 bits per heavy atom. The Bertz CT molecular complexity index is 920. The normalized spacial score (nSPS) is 16.3. The monoisotopic (exact) mass is 432 g/mol. The number of hydrogen-bond donors (Lipinski definition) is 2. The minimum absolute atomic E-state index is 0.0586. The van der Waals surface area contributed by atoms with Gasteiger partial charge in [0.25, 0.3) is 0 Å². The first-order valence-corrected chi connectivity index (χ1v) is 10.8. The van der Waals surface area contributed by atoms with E-state index in [0.717, 1.165) is 11.1 Å². The third kappa shape index (κ3) is 4.83. The van der Waals surface area contributed by atoms with Crippen molar-refractivity contribution >= 4 is 29.3 Å². The molecule has 2 aromatic carbocycles. The Balaban J connectivity index is 1.93. The molecule has 1 aliphatic rings. The molecule has 1 aliphatic heterocycles. The van der Waals surface area contributed by atoms with E-state index >= 15 is 0 Å². The summed E-state index contributed by atoms with van der Waals surface area (Å²) in [5, 5.41) is 12.3. The van der Waals surface area contributed by atoms with Crippen molar-refractivity contribution in [3.63, 3.8) is 0 Å². The van der Waals surface area contributed by atoms with E-state index in [4.69, 9.17) is 4.74 Å². The molecule has 0 spiro atoms. The summed E-state index contributed by atoms with van der Waals surface area (Å²) in [6.07, 6.45) is 0.432. The van der Waals surface area contributed by atoms with Gasteiger partial charge >= 0.3 is 5.97 Å². The van der Waals surface area contributed by atoms with Gasteiger partial charge in [0.2, 0.25) is 5.91 Å². The lowest BCUT2D eigenvalue weighted by Crippen LogP contribution is -2.29. The molecule has 1 heterocycles. The molecule has 2 aromatic rings. The smallest absolute Gasteiger partial charge is 0.335 e. The summed E-state index contributed by atoms with van der Waals surface area (Å²) in [6.45, 7) is 3.47. The Morgan fingerprint density at radius 3 is 2.67 bits per heavy atom.